The van der Waals surface area contributed by atoms with Gasteiger partial charge in [0.2, 0.25) is 23.6 Å². The summed E-state index contributed by atoms with van der Waals surface area (Å²) < 4.78 is 0. The minimum absolute atomic E-state index is 0.0724. The normalized spacial score (nSPS) is 18.5. The van der Waals surface area contributed by atoms with Gasteiger partial charge in [0.05, 0.1) is 50.6 Å². The average Bonchev–Trinajstić information content (AvgIpc) is 3.40. The Morgan fingerprint density at radius 2 is 1.30 bits per heavy atom. The monoisotopic (exact) mass is 1070 g/mol. The Kier molecular flexibility index (Phi) is 26.2. The van der Waals surface area contributed by atoms with Crippen LogP contribution in [0.25, 0.3) is 0 Å². The summed E-state index contributed by atoms with van der Waals surface area (Å²) in [6.07, 6.45) is 12.0. The predicted molar refractivity (Wildman–Crippen MR) is 285 cm³/mol. The Morgan fingerprint density at radius 3 is 1.91 bits per heavy atom. The van der Waals surface area contributed by atoms with E-state index in [2.05, 4.69) is 38.1 Å². The van der Waals surface area contributed by atoms with Crippen LogP contribution in [0.2, 0.25) is 0 Å². The van der Waals surface area contributed by atoms with Crippen LogP contribution in [0.15, 0.2) is 42.7 Å². The molecule has 3 fully saturated rings. The van der Waals surface area contributed by atoms with E-state index in [1.165, 1.54) is 0 Å². The summed E-state index contributed by atoms with van der Waals surface area (Å²) in [6.45, 7) is 6.10. The highest BCUT2D eigenvalue weighted by molar-refractivity contribution is 5.87. The number of benzene rings is 1. The van der Waals surface area contributed by atoms with Crippen LogP contribution < -0.4 is 21.3 Å². The number of amides is 4. The van der Waals surface area contributed by atoms with Crippen molar-refractivity contribution in [2.75, 3.05) is 111 Å². The molecule has 1 aromatic carbocycles. The van der Waals surface area contributed by atoms with Crippen LogP contribution in [0, 0.1) is 23.7 Å². The van der Waals surface area contributed by atoms with Gasteiger partial charge in [-0.3, -0.25) is 62.9 Å². The SMILES string of the molecule is CC(C(=O)NCC(=O)NCCCCCCc1ccc(C#Cc2cncc([C@H](CC(=O)O)NC(=O)[C@@H]3CCCN(C(=O)CCC4CCNCC4)C3)c2)cc1)N1CCN(CC(=O)O)CCN(CC(=O)O)CCN(CC(=O)O)CC1. The topological polar surface area (TPSA) is 295 Å². The summed E-state index contributed by atoms with van der Waals surface area (Å²) in [6, 6.07) is 8.16. The fourth-order valence-corrected chi connectivity index (χ4v) is 9.97. The fraction of sp³-hybridized carbons (Fsp3) is 0.618. The van der Waals surface area contributed by atoms with E-state index in [0.29, 0.717) is 55.9 Å². The lowest BCUT2D eigenvalue weighted by molar-refractivity contribution is -0.140. The quantitative estimate of drug-likeness (QED) is 0.0514. The van der Waals surface area contributed by atoms with E-state index >= 15 is 0 Å². The number of likely N-dealkylation sites (tertiary alicyclic amines) is 1. The highest BCUT2D eigenvalue weighted by atomic mass is 16.4. The van der Waals surface area contributed by atoms with Crippen molar-refractivity contribution in [3.8, 4) is 11.8 Å². The van der Waals surface area contributed by atoms with E-state index in [4.69, 9.17) is 0 Å². The zero-order valence-corrected chi connectivity index (χ0v) is 44.6. The number of carboxylic acids is 4. The van der Waals surface area contributed by atoms with E-state index in [9.17, 15) is 58.8 Å². The van der Waals surface area contributed by atoms with Gasteiger partial charge in [-0.25, -0.2) is 0 Å². The van der Waals surface area contributed by atoms with Gasteiger partial charge in [0.15, 0.2) is 0 Å². The van der Waals surface area contributed by atoms with Crippen LogP contribution in [0.5, 0.6) is 0 Å². The molecule has 5 rings (SSSR count). The molecule has 0 saturated carbocycles. The molecule has 4 amide bonds. The number of aliphatic carboxylic acids is 4. The second-order valence-electron chi connectivity index (χ2n) is 20.5. The van der Waals surface area contributed by atoms with Gasteiger partial charge < -0.3 is 46.6 Å². The van der Waals surface area contributed by atoms with Crippen molar-refractivity contribution in [2.45, 2.75) is 96.1 Å². The molecule has 1 unspecified atom stereocenters. The first-order chi connectivity index (χ1) is 37.0. The third-order valence-electron chi connectivity index (χ3n) is 14.5. The van der Waals surface area contributed by atoms with Crippen LogP contribution in [0.3, 0.4) is 0 Å². The molecule has 77 heavy (non-hydrogen) atoms. The van der Waals surface area contributed by atoms with Crippen molar-refractivity contribution in [3.05, 3.63) is 65.0 Å². The molecule has 1 aromatic heterocycles. The summed E-state index contributed by atoms with van der Waals surface area (Å²) in [5, 5.41) is 50.0. The Labute approximate surface area is 451 Å². The van der Waals surface area contributed by atoms with Crippen molar-refractivity contribution in [2.24, 2.45) is 11.8 Å². The Morgan fingerprint density at radius 1 is 0.701 bits per heavy atom. The maximum Gasteiger partial charge on any atom is 0.317 e. The Bertz CT molecular complexity index is 2310. The molecule has 3 saturated heterocycles. The van der Waals surface area contributed by atoms with Crippen LogP contribution in [-0.2, 0) is 44.8 Å². The number of hydrogen-bond donors (Lipinski definition) is 8. The molecule has 422 valence electrons. The lowest BCUT2D eigenvalue weighted by Gasteiger charge is -2.35. The first-order valence-electron chi connectivity index (χ1n) is 27.2. The summed E-state index contributed by atoms with van der Waals surface area (Å²) in [5.74, 6) is 1.25. The molecule has 0 bridgehead atoms. The minimum Gasteiger partial charge on any atom is -0.481 e. The molecule has 8 N–H and O–H groups in total. The molecule has 2 aromatic rings. The highest BCUT2D eigenvalue weighted by Gasteiger charge is 2.31. The first-order valence-corrected chi connectivity index (χ1v) is 27.2. The number of aromatic nitrogens is 1. The molecule has 0 radical (unpaired) electrons. The number of carboxylic acid groups (broad SMARTS) is 4. The number of piperidine rings is 2. The highest BCUT2D eigenvalue weighted by Crippen LogP contribution is 2.24. The van der Waals surface area contributed by atoms with Gasteiger partial charge in [0.1, 0.15) is 0 Å². The van der Waals surface area contributed by atoms with Gasteiger partial charge in [0, 0.05) is 102 Å². The molecule has 3 aliphatic rings. The smallest absolute Gasteiger partial charge is 0.317 e. The lowest BCUT2D eigenvalue weighted by atomic mass is 9.92. The molecule has 22 heteroatoms. The second kappa shape index (κ2) is 32.9. The third kappa shape index (κ3) is 23.3. The van der Waals surface area contributed by atoms with E-state index in [-0.39, 0.29) is 103 Å². The van der Waals surface area contributed by atoms with Crippen molar-refractivity contribution >= 4 is 47.5 Å². The maximum absolute atomic E-state index is 13.5. The molecule has 0 aliphatic carbocycles. The molecular formula is C55H80N10O12. The number of hydrogen-bond acceptors (Lipinski definition) is 14. The summed E-state index contributed by atoms with van der Waals surface area (Å²) >= 11 is 0. The lowest BCUT2D eigenvalue weighted by Crippen LogP contribution is -2.53. The van der Waals surface area contributed by atoms with Crippen LogP contribution in [0.4, 0.5) is 0 Å². The fourth-order valence-electron chi connectivity index (χ4n) is 9.97. The number of nitrogens with zero attached hydrogens (tertiary/aromatic N) is 6. The van der Waals surface area contributed by atoms with Gasteiger partial charge >= 0.3 is 23.9 Å². The summed E-state index contributed by atoms with van der Waals surface area (Å²) in [5.41, 5.74) is 3.05. The molecule has 4 heterocycles. The first kappa shape index (κ1) is 61.3. The molecular weight excluding hydrogens is 993 g/mol. The average molecular weight is 1070 g/mol. The number of rotatable bonds is 25. The Hall–Kier alpha value is -6.51. The number of nitrogens with one attached hydrogen (secondary N) is 4. The maximum atomic E-state index is 13.5. The second-order valence-corrected chi connectivity index (χ2v) is 20.5. The van der Waals surface area contributed by atoms with Gasteiger partial charge in [-0.15, -0.1) is 0 Å². The molecule has 3 atom stereocenters. The van der Waals surface area contributed by atoms with Gasteiger partial charge in [-0.2, -0.15) is 0 Å². The van der Waals surface area contributed by atoms with Crippen molar-refractivity contribution in [1.29, 1.82) is 0 Å². The number of pyridine rings is 1. The van der Waals surface area contributed by atoms with Crippen LogP contribution >= 0.6 is 0 Å². The largest absolute Gasteiger partial charge is 0.481 e. The zero-order valence-electron chi connectivity index (χ0n) is 44.6. The van der Waals surface area contributed by atoms with Crippen LogP contribution in [0.1, 0.15) is 106 Å². The molecule has 3 aliphatic heterocycles. The van der Waals surface area contributed by atoms with Crippen LogP contribution in [-0.4, -0.2) is 215 Å². The summed E-state index contributed by atoms with van der Waals surface area (Å²) in [4.78, 5) is 112. The summed E-state index contributed by atoms with van der Waals surface area (Å²) in [7, 11) is 0. The van der Waals surface area contributed by atoms with Gasteiger partial charge in [-0.1, -0.05) is 36.8 Å². The number of unbranched alkanes of at least 4 members (excludes halogenated alkanes) is 3. The standard InChI is InChI=1S/C55H80N10O12/c1-40(64-29-27-62(38-52(72)73)25-23-61(37-51(70)71)24-26-63(28-30-64)39-53(74)75)54(76)59-35-48(66)58-19-5-3-2-4-7-41-9-11-42(12-10-41)13-14-44-31-46(34-57-33-44)47(32-50(68)69)60-55(77)45-8-6-22-65(36-45)49(67)16-15-43-17-20-56-21-18-43/h9-12,31,33-34,40,43,45,47,56H,2-8,15-30,32,35-39H2,1H3,(H,58,66)(H,59,76)(H,60,77)(H,68,69)(H,70,71)(H,72,73)(H,74,75)/t40?,45-,47+/m1/s1. The number of carbonyl (C=O) groups excluding carboxylic acids is 4. The zero-order chi connectivity index (χ0) is 55.5. The predicted octanol–water partition coefficient (Wildman–Crippen LogP) is 1.33. The van der Waals surface area contributed by atoms with Crippen molar-refractivity contribution < 1.29 is 58.8 Å². The number of aryl methyl sites for hydroxylation is 1. The van der Waals surface area contributed by atoms with E-state index in [1.807, 2.05) is 29.2 Å². The van der Waals surface area contributed by atoms with Crippen molar-refractivity contribution in [1.82, 2.24) is 50.8 Å². The van der Waals surface area contributed by atoms with Gasteiger partial charge in [0.25, 0.3) is 0 Å². The Balaban J connectivity index is 1.00. The van der Waals surface area contributed by atoms with Gasteiger partial charge in [-0.05, 0) is 107 Å². The molecule has 22 nitrogen and oxygen atoms in total. The minimum atomic E-state index is -1.07. The number of carbonyl (C=O) groups is 8. The molecule has 0 spiro atoms. The van der Waals surface area contributed by atoms with E-state index < -0.39 is 47.8 Å². The van der Waals surface area contributed by atoms with E-state index in [1.54, 1.807) is 45.0 Å². The third-order valence-corrected chi connectivity index (χ3v) is 14.5. The van der Waals surface area contributed by atoms with Crippen molar-refractivity contribution in [3.63, 3.8) is 0 Å². The van der Waals surface area contributed by atoms with E-state index in [0.717, 1.165) is 75.6 Å².